The van der Waals surface area contributed by atoms with E-state index in [-0.39, 0.29) is 0 Å². The van der Waals surface area contributed by atoms with E-state index in [2.05, 4.69) is 27.7 Å². The lowest BCUT2D eigenvalue weighted by atomic mass is 10.2. The van der Waals surface area contributed by atoms with Gasteiger partial charge in [-0.3, -0.25) is 10.3 Å². The number of thiocarbonyl (C=S) groups is 1. The summed E-state index contributed by atoms with van der Waals surface area (Å²) in [5.41, 5.74) is 3.74. The average Bonchev–Trinajstić information content (AvgIpc) is 2.70. The second-order valence-electron chi connectivity index (χ2n) is 6.19. The standard InChI is InChI=1S/C19H30N4O3S/c1-3-4-11-26-17-6-5-16(14-18(17)24-2)15-21-22-19(27)20-7-8-23-9-12-25-13-10-23/h5-6,14-15H,3-4,7-13H2,1-2H3,(H2,20,22,27). The molecule has 1 fully saturated rings. The maximum absolute atomic E-state index is 5.73. The molecule has 0 unspecified atom stereocenters. The van der Waals surface area contributed by atoms with E-state index in [9.17, 15) is 0 Å². The molecule has 8 heteroatoms. The van der Waals surface area contributed by atoms with Gasteiger partial charge in [0.1, 0.15) is 0 Å². The Morgan fingerprint density at radius 2 is 2.15 bits per heavy atom. The smallest absolute Gasteiger partial charge is 0.187 e. The minimum absolute atomic E-state index is 0.506. The van der Waals surface area contributed by atoms with Gasteiger partial charge in [0, 0.05) is 26.2 Å². The Morgan fingerprint density at radius 3 is 2.89 bits per heavy atom. The Hall–Kier alpha value is -1.90. The summed E-state index contributed by atoms with van der Waals surface area (Å²) in [6, 6.07) is 5.72. The zero-order valence-electron chi connectivity index (χ0n) is 16.2. The number of morpholine rings is 1. The zero-order valence-corrected chi connectivity index (χ0v) is 17.0. The summed E-state index contributed by atoms with van der Waals surface area (Å²) in [6.45, 7) is 8.09. The molecule has 7 nitrogen and oxygen atoms in total. The van der Waals surface area contributed by atoms with E-state index in [1.54, 1.807) is 13.3 Å². The second kappa shape index (κ2) is 12.5. The molecule has 0 bridgehead atoms. The van der Waals surface area contributed by atoms with Gasteiger partial charge >= 0.3 is 0 Å². The first kappa shape index (κ1) is 21.4. The van der Waals surface area contributed by atoms with Crippen LogP contribution < -0.4 is 20.2 Å². The third kappa shape index (κ3) is 8.11. The minimum atomic E-state index is 0.506. The minimum Gasteiger partial charge on any atom is -0.493 e. The van der Waals surface area contributed by atoms with Crippen LogP contribution in [0, 0.1) is 0 Å². The van der Waals surface area contributed by atoms with Crippen molar-refractivity contribution in [2.75, 3.05) is 53.1 Å². The molecule has 0 radical (unpaired) electrons. The van der Waals surface area contributed by atoms with Gasteiger partial charge in [0.2, 0.25) is 0 Å². The molecule has 2 N–H and O–H groups in total. The number of nitrogens with one attached hydrogen (secondary N) is 2. The number of rotatable bonds is 10. The number of hydrogen-bond donors (Lipinski definition) is 2. The van der Waals surface area contributed by atoms with E-state index >= 15 is 0 Å². The van der Waals surface area contributed by atoms with E-state index in [0.29, 0.717) is 17.5 Å². The number of unbranched alkanes of at least 4 members (excludes halogenated alkanes) is 1. The molecule has 1 heterocycles. The van der Waals surface area contributed by atoms with Crippen molar-refractivity contribution in [3.63, 3.8) is 0 Å². The summed E-state index contributed by atoms with van der Waals surface area (Å²) in [6.07, 6.45) is 3.82. The highest BCUT2D eigenvalue weighted by molar-refractivity contribution is 7.80. The fourth-order valence-electron chi connectivity index (χ4n) is 2.57. The first-order valence-electron chi connectivity index (χ1n) is 9.40. The van der Waals surface area contributed by atoms with Gasteiger partial charge in [-0.1, -0.05) is 13.3 Å². The number of methoxy groups -OCH3 is 1. The molecule has 1 aromatic rings. The number of hydrazone groups is 1. The fourth-order valence-corrected chi connectivity index (χ4v) is 2.72. The molecule has 0 amide bonds. The molecule has 0 saturated carbocycles. The Labute approximate surface area is 167 Å². The van der Waals surface area contributed by atoms with Crippen molar-refractivity contribution in [1.29, 1.82) is 0 Å². The van der Waals surface area contributed by atoms with E-state index < -0.39 is 0 Å². The van der Waals surface area contributed by atoms with E-state index in [1.807, 2.05) is 18.2 Å². The predicted molar refractivity (Wildman–Crippen MR) is 112 cm³/mol. The molecule has 0 aromatic heterocycles. The largest absolute Gasteiger partial charge is 0.493 e. The normalized spacial score (nSPS) is 14.9. The number of hydrogen-bond acceptors (Lipinski definition) is 6. The van der Waals surface area contributed by atoms with Crippen molar-refractivity contribution in [1.82, 2.24) is 15.6 Å². The van der Waals surface area contributed by atoms with Crippen molar-refractivity contribution in [2.24, 2.45) is 5.10 Å². The van der Waals surface area contributed by atoms with Crippen LogP contribution in [0.2, 0.25) is 0 Å². The van der Waals surface area contributed by atoms with Crippen LogP contribution in [-0.2, 0) is 4.74 Å². The van der Waals surface area contributed by atoms with Crippen LogP contribution >= 0.6 is 12.2 Å². The molecule has 27 heavy (non-hydrogen) atoms. The quantitative estimate of drug-likeness (QED) is 0.272. The maximum atomic E-state index is 5.73. The third-order valence-corrected chi connectivity index (χ3v) is 4.38. The van der Waals surface area contributed by atoms with Crippen molar-refractivity contribution >= 4 is 23.5 Å². The van der Waals surface area contributed by atoms with E-state index in [4.69, 9.17) is 26.4 Å². The van der Waals surface area contributed by atoms with Crippen molar-refractivity contribution in [3.8, 4) is 11.5 Å². The summed E-state index contributed by atoms with van der Waals surface area (Å²) < 4.78 is 16.5. The molecule has 2 rings (SSSR count). The van der Waals surface area contributed by atoms with Crippen LogP contribution in [0.15, 0.2) is 23.3 Å². The Balaban J connectivity index is 1.73. The SMILES string of the molecule is CCCCOc1ccc(C=NNC(=S)NCCN2CCOCC2)cc1OC. The summed E-state index contributed by atoms with van der Waals surface area (Å²) in [5.74, 6) is 1.44. The molecule has 0 atom stereocenters. The second-order valence-corrected chi connectivity index (χ2v) is 6.60. The lowest BCUT2D eigenvalue weighted by molar-refractivity contribution is 0.0389. The Kier molecular flexibility index (Phi) is 9.89. The van der Waals surface area contributed by atoms with Gasteiger partial charge in [0.05, 0.1) is 33.1 Å². The highest BCUT2D eigenvalue weighted by atomic mass is 32.1. The van der Waals surface area contributed by atoms with Gasteiger partial charge in [-0.25, -0.2) is 0 Å². The van der Waals surface area contributed by atoms with Crippen LogP contribution in [-0.4, -0.2) is 69.3 Å². The van der Waals surface area contributed by atoms with Crippen LogP contribution in [0.25, 0.3) is 0 Å². The maximum Gasteiger partial charge on any atom is 0.187 e. The lowest BCUT2D eigenvalue weighted by Crippen LogP contribution is -2.42. The fraction of sp³-hybridized carbons (Fsp3) is 0.579. The highest BCUT2D eigenvalue weighted by Crippen LogP contribution is 2.27. The molecule has 1 saturated heterocycles. The zero-order chi connectivity index (χ0) is 19.3. The molecule has 1 aromatic carbocycles. The first-order chi connectivity index (χ1) is 13.2. The highest BCUT2D eigenvalue weighted by Gasteiger charge is 2.09. The molecule has 1 aliphatic heterocycles. The molecule has 150 valence electrons. The molecule has 0 aliphatic carbocycles. The first-order valence-corrected chi connectivity index (χ1v) is 9.81. The Bertz CT molecular complexity index is 607. The van der Waals surface area contributed by atoms with Gasteiger partial charge in [0.15, 0.2) is 16.6 Å². The molecular formula is C19H30N4O3S. The molecule has 0 spiro atoms. The third-order valence-electron chi connectivity index (χ3n) is 4.14. The number of nitrogens with zero attached hydrogens (tertiary/aromatic N) is 2. The molecular weight excluding hydrogens is 364 g/mol. The molecule has 1 aliphatic rings. The van der Waals surface area contributed by atoms with Crippen molar-refractivity contribution < 1.29 is 14.2 Å². The van der Waals surface area contributed by atoms with Crippen molar-refractivity contribution in [2.45, 2.75) is 19.8 Å². The van der Waals surface area contributed by atoms with Gasteiger partial charge in [-0.15, -0.1) is 0 Å². The number of benzene rings is 1. The summed E-state index contributed by atoms with van der Waals surface area (Å²) in [7, 11) is 1.63. The van der Waals surface area contributed by atoms with Crippen LogP contribution in [0.1, 0.15) is 25.3 Å². The van der Waals surface area contributed by atoms with Gasteiger partial charge in [-0.2, -0.15) is 5.10 Å². The van der Waals surface area contributed by atoms with Crippen LogP contribution in [0.4, 0.5) is 0 Å². The van der Waals surface area contributed by atoms with Gasteiger partial charge in [-0.05, 0) is 42.4 Å². The van der Waals surface area contributed by atoms with Gasteiger partial charge in [0.25, 0.3) is 0 Å². The van der Waals surface area contributed by atoms with E-state index in [0.717, 1.165) is 63.5 Å². The predicted octanol–water partition coefficient (Wildman–Crippen LogP) is 2.00. The van der Waals surface area contributed by atoms with Gasteiger partial charge < -0.3 is 19.5 Å². The monoisotopic (exact) mass is 394 g/mol. The van der Waals surface area contributed by atoms with E-state index in [1.165, 1.54) is 0 Å². The van der Waals surface area contributed by atoms with Crippen LogP contribution in [0.3, 0.4) is 0 Å². The lowest BCUT2D eigenvalue weighted by Gasteiger charge is -2.26. The average molecular weight is 395 g/mol. The summed E-state index contributed by atoms with van der Waals surface area (Å²) in [4.78, 5) is 2.35. The summed E-state index contributed by atoms with van der Waals surface area (Å²) in [5, 5.41) is 7.84. The topological polar surface area (TPSA) is 67.4 Å². The van der Waals surface area contributed by atoms with Crippen molar-refractivity contribution in [3.05, 3.63) is 23.8 Å². The number of ether oxygens (including phenoxy) is 3. The Morgan fingerprint density at radius 1 is 1.33 bits per heavy atom. The summed E-state index contributed by atoms with van der Waals surface area (Å²) >= 11 is 5.24. The van der Waals surface area contributed by atoms with Crippen LogP contribution in [0.5, 0.6) is 11.5 Å².